The molecule has 0 saturated carbocycles. The molecule has 2 aromatic heterocycles. The molecule has 2 heterocycles. The fourth-order valence-corrected chi connectivity index (χ4v) is 8.85. The molecule has 346 valence electrons. The van der Waals surface area contributed by atoms with Crippen molar-refractivity contribution in [2.24, 2.45) is 4.99 Å². The number of allylic oxidation sites excluding steroid dienone is 3. The minimum Gasteiger partial charge on any atom is -0.313 e. The van der Waals surface area contributed by atoms with Gasteiger partial charge in [0.25, 0.3) is 0 Å². The molecule has 7 aromatic carbocycles. The second kappa shape index (κ2) is 16.6. The first-order chi connectivity index (χ1) is 32.6. The van der Waals surface area contributed by atoms with Crippen LogP contribution in [-0.2, 0) is 24.7 Å². The first-order valence-corrected chi connectivity index (χ1v) is 20.6. The van der Waals surface area contributed by atoms with Crippen LogP contribution in [0.4, 0.5) is 52.7 Å². The zero-order valence-electron chi connectivity index (χ0n) is 35.5. The molecule has 0 fully saturated rings. The minimum atomic E-state index is -5.08. The molecule has 4 nitrogen and oxygen atoms in total. The normalized spacial score (nSPS) is 13.4. The van der Waals surface area contributed by atoms with Crippen LogP contribution in [0.2, 0.25) is 0 Å². The lowest BCUT2D eigenvalue weighted by atomic mass is 9.97. The first kappa shape index (κ1) is 46.1. The number of rotatable bonds is 7. The Hall–Kier alpha value is -8.06. The van der Waals surface area contributed by atoms with Gasteiger partial charge in [-0.05, 0) is 126 Å². The quantitative estimate of drug-likeness (QED) is 0.0892. The van der Waals surface area contributed by atoms with Crippen LogP contribution < -0.4 is 0 Å². The van der Waals surface area contributed by atoms with Gasteiger partial charge < -0.3 is 9.13 Å². The van der Waals surface area contributed by atoms with E-state index in [4.69, 9.17) is 0 Å². The largest absolute Gasteiger partial charge is 0.416 e. The van der Waals surface area contributed by atoms with E-state index in [2.05, 4.69) is 17.8 Å². The molecule has 0 amide bonds. The number of hydrogen-bond donors (Lipinski definition) is 0. The number of hydrogen-bond acceptors (Lipinski definition) is 2. The molecule has 16 heteroatoms. The number of aliphatic imine (C=N–C) groups is 1. The summed E-state index contributed by atoms with van der Waals surface area (Å²) in [5.74, 6) is 0. The maximum atomic E-state index is 14.0. The molecule has 0 aliphatic heterocycles. The fraction of sp³-hybridized carbons (Fsp3) is 0.0943. The van der Waals surface area contributed by atoms with E-state index >= 15 is 0 Å². The van der Waals surface area contributed by atoms with Crippen molar-refractivity contribution >= 4 is 67.3 Å². The zero-order valence-corrected chi connectivity index (χ0v) is 35.5. The minimum absolute atomic E-state index is 0.0616. The number of halogens is 12. The number of fused-ring (bicyclic) bond motifs is 6. The van der Waals surface area contributed by atoms with Gasteiger partial charge in [-0.2, -0.15) is 57.9 Å². The van der Waals surface area contributed by atoms with Crippen LogP contribution in [0.25, 0.3) is 82.8 Å². The second-order valence-electron chi connectivity index (χ2n) is 16.1. The first-order valence-electron chi connectivity index (χ1n) is 20.6. The summed E-state index contributed by atoms with van der Waals surface area (Å²) in [5, 5.41) is 11.8. The highest BCUT2D eigenvalue weighted by atomic mass is 19.4. The van der Waals surface area contributed by atoms with E-state index in [0.29, 0.717) is 96.0 Å². The number of nitriles is 1. The standard InChI is InChI=1S/C53H30F12N4/c1-29(68-44-9-5-3-7-40(44)42-23-32(15-17-46(42)68)34-19-36(50(54,55)56)25-37(20-34)51(57,58)59)49(31-13-11-30(27-66)12-14-31)48(28-67-2)69-45-10-6-4-8-41(45)43-24-33(16-18-47(43)69)35-21-38(52(60,61)62)26-39(22-35)53(63,64)65/h3-26,28H,2H2,1H3/b48-28+,49-29+. The molecule has 9 rings (SSSR count). The van der Waals surface area contributed by atoms with E-state index in [-0.39, 0.29) is 34.4 Å². The van der Waals surface area contributed by atoms with Gasteiger partial charge in [-0.1, -0.05) is 60.7 Å². The molecular weight excluding hydrogens is 921 g/mol. The molecule has 0 atom stereocenters. The Kier molecular flexibility index (Phi) is 11.1. The van der Waals surface area contributed by atoms with E-state index < -0.39 is 47.0 Å². The lowest BCUT2D eigenvalue weighted by Gasteiger charge is -2.21. The number of nitrogens with zero attached hydrogens (tertiary/aromatic N) is 4. The molecule has 9 aromatic rings. The summed E-state index contributed by atoms with van der Waals surface area (Å²) in [4.78, 5) is 4.20. The van der Waals surface area contributed by atoms with Crippen LogP contribution >= 0.6 is 0 Å². The molecule has 0 unspecified atom stereocenters. The van der Waals surface area contributed by atoms with Crippen LogP contribution in [-0.4, -0.2) is 15.9 Å². The summed E-state index contributed by atoms with van der Waals surface area (Å²) < 4.78 is 171. The molecule has 0 radical (unpaired) electrons. The van der Waals surface area contributed by atoms with Crippen molar-refractivity contribution < 1.29 is 52.7 Å². The van der Waals surface area contributed by atoms with Crippen LogP contribution in [0.3, 0.4) is 0 Å². The topological polar surface area (TPSA) is 46.0 Å². The van der Waals surface area contributed by atoms with Gasteiger partial charge in [0, 0.05) is 32.8 Å². The Bertz CT molecular complexity index is 3580. The highest BCUT2D eigenvalue weighted by molar-refractivity contribution is 6.19. The van der Waals surface area contributed by atoms with E-state index in [9.17, 15) is 57.9 Å². The van der Waals surface area contributed by atoms with Crippen LogP contribution in [0.5, 0.6) is 0 Å². The van der Waals surface area contributed by atoms with Gasteiger partial charge in [0.2, 0.25) is 0 Å². The summed E-state index contributed by atoms with van der Waals surface area (Å²) in [6.45, 7) is 5.53. The number of para-hydroxylation sites is 2. The van der Waals surface area contributed by atoms with Gasteiger partial charge >= 0.3 is 24.7 Å². The van der Waals surface area contributed by atoms with E-state index in [1.165, 1.54) is 30.5 Å². The van der Waals surface area contributed by atoms with E-state index in [0.717, 1.165) is 0 Å². The van der Waals surface area contributed by atoms with Gasteiger partial charge in [0.05, 0.1) is 67.9 Å². The Labute approximate surface area is 383 Å². The summed E-state index contributed by atoms with van der Waals surface area (Å²) in [6.07, 6.45) is -18.8. The lowest BCUT2D eigenvalue weighted by Crippen LogP contribution is -2.11. The highest BCUT2D eigenvalue weighted by Gasteiger charge is 2.38. The smallest absolute Gasteiger partial charge is 0.313 e. The van der Waals surface area contributed by atoms with Crippen LogP contribution in [0, 0.1) is 11.3 Å². The predicted molar refractivity (Wildman–Crippen MR) is 244 cm³/mol. The number of aromatic nitrogens is 2. The Balaban J connectivity index is 1.31. The van der Waals surface area contributed by atoms with Crippen molar-refractivity contribution in [1.29, 1.82) is 5.26 Å². The van der Waals surface area contributed by atoms with Gasteiger partial charge in [0.1, 0.15) is 0 Å². The molecule has 0 spiro atoms. The SMILES string of the molecule is C=N/C=C(\C(=C(/C)n1c2ccccc2c2cc(-c3cc(C(F)(F)F)cc(C(F)(F)F)c3)ccc21)c1ccc(C#N)cc1)n1c2ccccc2c2cc(-c3cc(C(F)(F)F)cc(C(F)(F)F)c3)ccc21. The predicted octanol–water partition coefficient (Wildman–Crippen LogP) is 16.8. The highest BCUT2D eigenvalue weighted by Crippen LogP contribution is 2.46. The summed E-state index contributed by atoms with van der Waals surface area (Å²) >= 11 is 0. The third-order valence-corrected chi connectivity index (χ3v) is 11.9. The molecule has 0 bridgehead atoms. The van der Waals surface area contributed by atoms with Crippen molar-refractivity contribution in [2.45, 2.75) is 31.6 Å². The van der Waals surface area contributed by atoms with Crippen LogP contribution in [0.15, 0.2) is 157 Å². The van der Waals surface area contributed by atoms with E-state index in [1.807, 2.05) is 9.13 Å². The van der Waals surface area contributed by atoms with Gasteiger partial charge in [-0.15, -0.1) is 0 Å². The van der Waals surface area contributed by atoms with Gasteiger partial charge in [0.15, 0.2) is 0 Å². The van der Waals surface area contributed by atoms with E-state index in [1.54, 1.807) is 91.9 Å². The summed E-state index contributed by atoms with van der Waals surface area (Å²) in [6, 6.07) is 34.5. The van der Waals surface area contributed by atoms with Crippen molar-refractivity contribution in [1.82, 2.24) is 9.13 Å². The Morgan fingerprint density at radius 1 is 0.478 bits per heavy atom. The molecular formula is C53H30F12N4. The molecule has 69 heavy (non-hydrogen) atoms. The van der Waals surface area contributed by atoms with Crippen molar-refractivity contribution in [3.8, 4) is 28.3 Å². The third kappa shape index (κ3) is 8.38. The number of benzene rings is 7. The number of alkyl halides is 12. The van der Waals surface area contributed by atoms with Crippen LogP contribution in [0.1, 0.15) is 40.3 Å². The summed E-state index contributed by atoms with van der Waals surface area (Å²) in [7, 11) is 0. The fourth-order valence-electron chi connectivity index (χ4n) is 8.85. The average Bonchev–Trinajstić information content (AvgIpc) is 3.82. The van der Waals surface area contributed by atoms with Gasteiger partial charge in [-0.3, -0.25) is 4.99 Å². The second-order valence-corrected chi connectivity index (χ2v) is 16.1. The van der Waals surface area contributed by atoms with Crippen molar-refractivity contribution in [3.63, 3.8) is 0 Å². The molecule has 0 aliphatic rings. The van der Waals surface area contributed by atoms with Crippen molar-refractivity contribution in [2.75, 3.05) is 0 Å². The maximum absolute atomic E-state index is 14.0. The lowest BCUT2D eigenvalue weighted by molar-refractivity contribution is -0.144. The third-order valence-electron chi connectivity index (χ3n) is 11.9. The maximum Gasteiger partial charge on any atom is 0.416 e. The molecule has 0 aliphatic carbocycles. The molecule has 0 N–H and O–H groups in total. The molecule has 0 saturated heterocycles. The van der Waals surface area contributed by atoms with Gasteiger partial charge in [-0.25, -0.2) is 0 Å². The Morgan fingerprint density at radius 3 is 1.28 bits per heavy atom. The average molecular weight is 951 g/mol. The van der Waals surface area contributed by atoms with Crippen molar-refractivity contribution in [3.05, 3.63) is 185 Å². The summed E-state index contributed by atoms with van der Waals surface area (Å²) in [5.41, 5.74) is -2.05. The zero-order chi connectivity index (χ0) is 49.4. The Morgan fingerprint density at radius 2 is 0.870 bits per heavy atom. The monoisotopic (exact) mass is 950 g/mol.